The monoisotopic (exact) mass is 452 g/mol. The number of halogens is 2. The smallest absolute Gasteiger partial charge is 0.320 e. The number of piperidine rings is 1. The van der Waals surface area contributed by atoms with Gasteiger partial charge >= 0.3 is 5.97 Å². The first-order valence-corrected chi connectivity index (χ1v) is 12.0. The van der Waals surface area contributed by atoms with Crippen LogP contribution in [0.4, 0.5) is 8.78 Å². The summed E-state index contributed by atoms with van der Waals surface area (Å²) in [6.07, 6.45) is 5.17. The molecule has 7 heteroatoms. The number of likely N-dealkylation sites (tertiary alicyclic amines) is 2. The maximum Gasteiger partial charge on any atom is 0.320 e. The summed E-state index contributed by atoms with van der Waals surface area (Å²) in [5, 5.41) is 20.6. The number of aryl methyl sites for hydroxylation is 1. The molecule has 2 N–H and O–H groups in total. The molecule has 2 fully saturated rings. The molecular formula is C25H38F2N2O3. The highest BCUT2D eigenvalue weighted by molar-refractivity contribution is 5.73. The van der Waals surface area contributed by atoms with Gasteiger partial charge in [-0.3, -0.25) is 9.69 Å². The lowest BCUT2D eigenvalue weighted by Gasteiger charge is -2.39. The van der Waals surface area contributed by atoms with E-state index in [-0.39, 0.29) is 6.04 Å². The number of aliphatic hydroxyl groups is 1. The van der Waals surface area contributed by atoms with Gasteiger partial charge < -0.3 is 15.1 Å². The van der Waals surface area contributed by atoms with Gasteiger partial charge in [0.25, 0.3) is 0 Å². The van der Waals surface area contributed by atoms with Gasteiger partial charge in [-0.25, -0.2) is 8.78 Å². The Kier molecular flexibility index (Phi) is 8.64. The van der Waals surface area contributed by atoms with E-state index in [2.05, 4.69) is 23.6 Å². The molecule has 5 nitrogen and oxygen atoms in total. The zero-order chi connectivity index (χ0) is 23.3. The number of carbonyl (C=O) groups is 1. The summed E-state index contributed by atoms with van der Waals surface area (Å²) in [6, 6.07) is 3.61. The fourth-order valence-corrected chi connectivity index (χ4v) is 5.23. The normalized spacial score (nSPS) is 23.0. The minimum atomic E-state index is -0.830. The molecule has 2 aliphatic rings. The number of hydrogen-bond donors (Lipinski definition) is 2. The van der Waals surface area contributed by atoms with Crippen molar-refractivity contribution in [1.82, 2.24) is 9.80 Å². The lowest BCUT2D eigenvalue weighted by molar-refractivity contribution is -0.143. The van der Waals surface area contributed by atoms with Gasteiger partial charge in [0.05, 0.1) is 5.60 Å². The maximum atomic E-state index is 13.3. The topological polar surface area (TPSA) is 64.0 Å². The molecule has 2 saturated heterocycles. The standard InChI is InChI=1S/C25H38F2N2O3/c1-18(2)14-23(24(30)31)29-11-7-20(17-29)16-28-12-9-25(32,10-13-28)8-3-4-19-5-6-21(26)22(27)15-19/h5-6,15,18,20,23,32H,3-4,7-14,16-17H2,1-2H3,(H,30,31). The Morgan fingerprint density at radius 3 is 2.53 bits per heavy atom. The largest absolute Gasteiger partial charge is 0.480 e. The van der Waals surface area contributed by atoms with E-state index in [4.69, 9.17) is 0 Å². The Morgan fingerprint density at radius 1 is 1.19 bits per heavy atom. The molecule has 2 unspecified atom stereocenters. The van der Waals surface area contributed by atoms with Crippen molar-refractivity contribution >= 4 is 5.97 Å². The van der Waals surface area contributed by atoms with Crippen molar-refractivity contribution in [2.24, 2.45) is 11.8 Å². The zero-order valence-corrected chi connectivity index (χ0v) is 19.4. The molecule has 2 heterocycles. The van der Waals surface area contributed by atoms with Crippen LogP contribution in [-0.4, -0.2) is 70.3 Å². The molecule has 1 aromatic rings. The van der Waals surface area contributed by atoms with Gasteiger partial charge in [0, 0.05) is 26.2 Å². The number of benzene rings is 1. The number of aliphatic carboxylic acids is 1. The highest BCUT2D eigenvalue weighted by Crippen LogP contribution is 2.30. The summed E-state index contributed by atoms with van der Waals surface area (Å²) in [5.74, 6) is -1.53. The van der Waals surface area contributed by atoms with E-state index in [1.165, 1.54) is 6.07 Å². The summed E-state index contributed by atoms with van der Waals surface area (Å²) >= 11 is 0. The molecule has 3 rings (SSSR count). The zero-order valence-electron chi connectivity index (χ0n) is 19.4. The second-order valence-corrected chi connectivity index (χ2v) is 10.3. The molecule has 1 aromatic carbocycles. The van der Waals surface area contributed by atoms with E-state index in [1.807, 2.05) is 0 Å². The molecule has 2 atom stereocenters. The van der Waals surface area contributed by atoms with Crippen molar-refractivity contribution in [3.63, 3.8) is 0 Å². The van der Waals surface area contributed by atoms with E-state index in [0.29, 0.717) is 43.9 Å². The fourth-order valence-electron chi connectivity index (χ4n) is 5.23. The van der Waals surface area contributed by atoms with Crippen LogP contribution in [0.2, 0.25) is 0 Å². The summed E-state index contributed by atoms with van der Waals surface area (Å²) < 4.78 is 26.4. The second-order valence-electron chi connectivity index (χ2n) is 10.3. The number of rotatable bonds is 10. The maximum absolute atomic E-state index is 13.3. The van der Waals surface area contributed by atoms with Crippen LogP contribution in [0.1, 0.15) is 57.9 Å². The van der Waals surface area contributed by atoms with Crippen LogP contribution in [0, 0.1) is 23.5 Å². The van der Waals surface area contributed by atoms with Crippen molar-refractivity contribution in [3.8, 4) is 0 Å². The third kappa shape index (κ3) is 6.96. The first kappa shape index (κ1) is 25.1. The lowest BCUT2D eigenvalue weighted by atomic mass is 9.85. The predicted molar refractivity (Wildman–Crippen MR) is 120 cm³/mol. The van der Waals surface area contributed by atoms with E-state index >= 15 is 0 Å². The van der Waals surface area contributed by atoms with E-state index in [9.17, 15) is 23.8 Å². The van der Waals surface area contributed by atoms with Crippen molar-refractivity contribution in [1.29, 1.82) is 0 Å². The number of hydrogen-bond acceptors (Lipinski definition) is 4. The molecule has 0 spiro atoms. The highest BCUT2D eigenvalue weighted by atomic mass is 19.2. The van der Waals surface area contributed by atoms with Crippen LogP contribution in [-0.2, 0) is 11.2 Å². The first-order valence-electron chi connectivity index (χ1n) is 12.0. The van der Waals surface area contributed by atoms with Gasteiger partial charge in [-0.15, -0.1) is 0 Å². The molecule has 0 aromatic heterocycles. The molecule has 0 radical (unpaired) electrons. The average molecular weight is 453 g/mol. The Hall–Kier alpha value is -1.57. The highest BCUT2D eigenvalue weighted by Gasteiger charge is 2.36. The summed E-state index contributed by atoms with van der Waals surface area (Å²) in [5.41, 5.74) is 0.0653. The molecule has 0 saturated carbocycles. The van der Waals surface area contributed by atoms with Gasteiger partial charge in [0.2, 0.25) is 0 Å². The van der Waals surface area contributed by atoms with Crippen molar-refractivity contribution < 1.29 is 23.8 Å². The predicted octanol–water partition coefficient (Wildman–Crippen LogP) is 3.94. The van der Waals surface area contributed by atoms with Gasteiger partial charge in [-0.2, -0.15) is 0 Å². The fraction of sp³-hybridized carbons (Fsp3) is 0.720. The van der Waals surface area contributed by atoms with Crippen LogP contribution < -0.4 is 0 Å². The third-order valence-electron chi connectivity index (χ3n) is 7.13. The molecule has 0 aliphatic carbocycles. The summed E-state index contributed by atoms with van der Waals surface area (Å²) in [6.45, 7) is 8.44. The number of nitrogens with zero attached hydrogens (tertiary/aromatic N) is 2. The lowest BCUT2D eigenvalue weighted by Crippen LogP contribution is -2.46. The van der Waals surface area contributed by atoms with Gasteiger partial charge in [0.15, 0.2) is 11.6 Å². The van der Waals surface area contributed by atoms with Crippen LogP contribution in [0.5, 0.6) is 0 Å². The van der Waals surface area contributed by atoms with Gasteiger partial charge in [0.1, 0.15) is 6.04 Å². The Balaban J connectivity index is 1.39. The molecule has 0 bridgehead atoms. The number of carboxylic acids is 1. The number of carboxylic acid groups (broad SMARTS) is 1. The molecule has 0 amide bonds. The van der Waals surface area contributed by atoms with Crippen LogP contribution in [0.15, 0.2) is 18.2 Å². The average Bonchev–Trinajstić information content (AvgIpc) is 3.18. The molecule has 32 heavy (non-hydrogen) atoms. The van der Waals surface area contributed by atoms with E-state index in [0.717, 1.165) is 57.2 Å². The summed E-state index contributed by atoms with van der Waals surface area (Å²) in [7, 11) is 0. The SMILES string of the molecule is CC(C)CC(C(=O)O)N1CCC(CN2CCC(O)(CCCc3ccc(F)c(F)c3)CC2)C1. The molecule has 2 aliphatic heterocycles. The quantitative estimate of drug-likeness (QED) is 0.563. The minimum absolute atomic E-state index is 0.358. The molecular weight excluding hydrogens is 414 g/mol. The van der Waals surface area contributed by atoms with Crippen molar-refractivity contribution in [3.05, 3.63) is 35.4 Å². The van der Waals surface area contributed by atoms with Crippen molar-refractivity contribution in [2.75, 3.05) is 32.7 Å². The van der Waals surface area contributed by atoms with Crippen molar-refractivity contribution in [2.45, 2.75) is 70.4 Å². The Bertz CT molecular complexity index is 766. The van der Waals surface area contributed by atoms with Gasteiger partial charge in [-0.1, -0.05) is 19.9 Å². The summed E-state index contributed by atoms with van der Waals surface area (Å²) in [4.78, 5) is 16.2. The van der Waals surface area contributed by atoms with Gasteiger partial charge in [-0.05, 0) is 81.0 Å². The first-order chi connectivity index (χ1) is 15.1. The van der Waals surface area contributed by atoms with E-state index < -0.39 is 23.2 Å². The third-order valence-corrected chi connectivity index (χ3v) is 7.13. The minimum Gasteiger partial charge on any atom is -0.480 e. The Morgan fingerprint density at radius 2 is 1.91 bits per heavy atom. The Labute approximate surface area is 190 Å². The molecule has 180 valence electrons. The van der Waals surface area contributed by atoms with E-state index in [1.54, 1.807) is 6.07 Å². The van der Waals surface area contributed by atoms with Crippen LogP contribution in [0.25, 0.3) is 0 Å². The van der Waals surface area contributed by atoms with Crippen LogP contribution in [0.3, 0.4) is 0 Å². The van der Waals surface area contributed by atoms with Crippen LogP contribution >= 0.6 is 0 Å². The second kappa shape index (κ2) is 11.0.